The highest BCUT2D eigenvalue weighted by molar-refractivity contribution is 5.98. The number of carbonyl (C=O) groups excluding carboxylic acids is 1. The Morgan fingerprint density at radius 3 is 2.83 bits per heavy atom. The molecule has 0 spiro atoms. The molecule has 0 aliphatic rings. The highest BCUT2D eigenvalue weighted by atomic mass is 16.1. The molecular formula is C15H18N2O. The highest BCUT2D eigenvalue weighted by Crippen LogP contribution is 2.16. The van der Waals surface area contributed by atoms with Gasteiger partial charge < -0.3 is 5.32 Å². The lowest BCUT2D eigenvalue weighted by Gasteiger charge is -2.13. The lowest BCUT2D eigenvalue weighted by molar-refractivity contribution is 0.0938. The Hall–Kier alpha value is -1.90. The Morgan fingerprint density at radius 1 is 1.39 bits per heavy atom. The predicted octanol–water partition coefficient (Wildman–Crippen LogP) is 3.07. The molecule has 0 saturated heterocycles. The molecule has 0 saturated carbocycles. The van der Waals surface area contributed by atoms with E-state index in [1.807, 2.05) is 44.2 Å². The molecule has 3 nitrogen and oxygen atoms in total. The van der Waals surface area contributed by atoms with Crippen molar-refractivity contribution in [2.45, 2.75) is 33.2 Å². The van der Waals surface area contributed by atoms with Gasteiger partial charge in [-0.15, -0.1) is 0 Å². The van der Waals surface area contributed by atoms with Gasteiger partial charge in [0.1, 0.15) is 0 Å². The van der Waals surface area contributed by atoms with Crippen LogP contribution in [0.15, 0.2) is 30.3 Å². The second-order valence-corrected chi connectivity index (χ2v) is 4.60. The molecule has 94 valence electrons. The van der Waals surface area contributed by atoms with Gasteiger partial charge >= 0.3 is 0 Å². The summed E-state index contributed by atoms with van der Waals surface area (Å²) in [4.78, 5) is 16.6. The maximum Gasteiger partial charge on any atom is 0.253 e. The summed E-state index contributed by atoms with van der Waals surface area (Å²) in [5.41, 5.74) is 2.36. The highest BCUT2D eigenvalue weighted by Gasteiger charge is 2.12. The number of hydrogen-bond donors (Lipinski definition) is 1. The van der Waals surface area contributed by atoms with Crippen LogP contribution in [0.4, 0.5) is 0 Å². The van der Waals surface area contributed by atoms with Crippen LogP contribution in [0, 0.1) is 6.92 Å². The number of aromatic nitrogens is 1. The van der Waals surface area contributed by atoms with Gasteiger partial charge in [-0.05, 0) is 32.4 Å². The van der Waals surface area contributed by atoms with Crippen LogP contribution in [-0.2, 0) is 0 Å². The molecule has 1 aromatic heterocycles. The second-order valence-electron chi connectivity index (χ2n) is 4.60. The van der Waals surface area contributed by atoms with Crippen molar-refractivity contribution in [3.05, 3.63) is 41.6 Å². The summed E-state index contributed by atoms with van der Waals surface area (Å²) >= 11 is 0. The Bertz CT molecular complexity index is 578. The van der Waals surface area contributed by atoms with E-state index >= 15 is 0 Å². The van der Waals surface area contributed by atoms with Crippen LogP contribution in [0.25, 0.3) is 10.9 Å². The largest absolute Gasteiger partial charge is 0.350 e. The van der Waals surface area contributed by atoms with E-state index in [2.05, 4.69) is 17.2 Å². The molecule has 0 fully saturated rings. The third-order valence-corrected chi connectivity index (χ3v) is 3.15. The van der Waals surface area contributed by atoms with E-state index in [9.17, 15) is 4.79 Å². The minimum atomic E-state index is -0.0416. The fraction of sp³-hybridized carbons (Fsp3) is 0.333. The Kier molecular flexibility index (Phi) is 3.60. The smallest absolute Gasteiger partial charge is 0.253 e. The molecule has 0 radical (unpaired) electrons. The number of amides is 1. The Morgan fingerprint density at radius 2 is 2.11 bits per heavy atom. The number of aryl methyl sites for hydroxylation is 1. The summed E-state index contributed by atoms with van der Waals surface area (Å²) in [6, 6.07) is 9.93. The van der Waals surface area contributed by atoms with E-state index in [-0.39, 0.29) is 11.9 Å². The van der Waals surface area contributed by atoms with Gasteiger partial charge in [0.25, 0.3) is 5.91 Å². The number of benzene rings is 1. The minimum absolute atomic E-state index is 0.0416. The molecule has 1 N–H and O–H groups in total. The first-order chi connectivity index (χ1) is 8.61. The number of nitrogens with one attached hydrogen (secondary N) is 1. The fourth-order valence-electron chi connectivity index (χ4n) is 1.85. The van der Waals surface area contributed by atoms with Crippen molar-refractivity contribution in [1.82, 2.24) is 10.3 Å². The van der Waals surface area contributed by atoms with Crippen LogP contribution in [0.1, 0.15) is 36.3 Å². The van der Waals surface area contributed by atoms with Crippen LogP contribution >= 0.6 is 0 Å². The average molecular weight is 242 g/mol. The van der Waals surface area contributed by atoms with Crippen molar-refractivity contribution in [3.63, 3.8) is 0 Å². The standard InChI is InChI=1S/C15H18N2O/c1-4-10(2)16-15(18)13-9-12-7-5-6-8-14(12)17-11(13)3/h5-10H,4H2,1-3H3,(H,16,18). The van der Waals surface area contributed by atoms with Crippen LogP contribution in [0.5, 0.6) is 0 Å². The number of pyridine rings is 1. The van der Waals surface area contributed by atoms with Crippen molar-refractivity contribution in [2.24, 2.45) is 0 Å². The number of rotatable bonds is 3. The normalized spacial score (nSPS) is 12.4. The van der Waals surface area contributed by atoms with Crippen LogP contribution < -0.4 is 5.32 Å². The summed E-state index contributed by atoms with van der Waals surface area (Å²) in [6.45, 7) is 5.93. The first kappa shape index (κ1) is 12.6. The quantitative estimate of drug-likeness (QED) is 0.898. The number of carbonyl (C=O) groups is 1. The Balaban J connectivity index is 2.38. The molecule has 18 heavy (non-hydrogen) atoms. The molecule has 1 unspecified atom stereocenters. The molecule has 0 aliphatic carbocycles. The van der Waals surface area contributed by atoms with Gasteiger partial charge in [-0.1, -0.05) is 25.1 Å². The maximum atomic E-state index is 12.1. The maximum absolute atomic E-state index is 12.1. The molecule has 0 aliphatic heterocycles. The van der Waals surface area contributed by atoms with E-state index in [0.29, 0.717) is 5.56 Å². The van der Waals surface area contributed by atoms with E-state index in [4.69, 9.17) is 0 Å². The molecule has 2 rings (SSSR count). The van der Waals surface area contributed by atoms with E-state index in [0.717, 1.165) is 23.0 Å². The topological polar surface area (TPSA) is 42.0 Å². The van der Waals surface area contributed by atoms with E-state index < -0.39 is 0 Å². The number of hydrogen-bond acceptors (Lipinski definition) is 2. The van der Waals surface area contributed by atoms with Crippen molar-refractivity contribution < 1.29 is 4.79 Å². The van der Waals surface area contributed by atoms with Crippen molar-refractivity contribution in [1.29, 1.82) is 0 Å². The molecule has 1 heterocycles. The van der Waals surface area contributed by atoms with E-state index in [1.54, 1.807) is 0 Å². The summed E-state index contributed by atoms with van der Waals surface area (Å²) < 4.78 is 0. The van der Waals surface area contributed by atoms with Gasteiger partial charge in [-0.2, -0.15) is 0 Å². The first-order valence-corrected chi connectivity index (χ1v) is 6.29. The number of nitrogens with zero attached hydrogens (tertiary/aromatic N) is 1. The zero-order chi connectivity index (χ0) is 13.1. The molecule has 3 heteroatoms. The summed E-state index contributed by atoms with van der Waals surface area (Å²) in [5.74, 6) is -0.0416. The molecule has 0 bridgehead atoms. The summed E-state index contributed by atoms with van der Waals surface area (Å²) in [6.07, 6.45) is 0.922. The fourth-order valence-corrected chi connectivity index (χ4v) is 1.85. The molecule has 1 amide bonds. The Labute approximate surface area is 107 Å². The zero-order valence-electron chi connectivity index (χ0n) is 11.0. The SMILES string of the molecule is CCC(C)NC(=O)c1cc2ccccc2nc1C. The van der Waals surface area contributed by atoms with Crippen molar-refractivity contribution >= 4 is 16.8 Å². The van der Waals surface area contributed by atoms with Crippen molar-refractivity contribution in [2.75, 3.05) is 0 Å². The van der Waals surface area contributed by atoms with E-state index in [1.165, 1.54) is 0 Å². The van der Waals surface area contributed by atoms with Gasteiger partial charge in [0.05, 0.1) is 16.8 Å². The third kappa shape index (κ3) is 2.50. The van der Waals surface area contributed by atoms with Gasteiger partial charge in [0.2, 0.25) is 0 Å². The molecule has 1 atom stereocenters. The second kappa shape index (κ2) is 5.17. The minimum Gasteiger partial charge on any atom is -0.350 e. The zero-order valence-corrected chi connectivity index (χ0v) is 11.0. The average Bonchev–Trinajstić information content (AvgIpc) is 2.37. The van der Waals surface area contributed by atoms with Gasteiger partial charge in [-0.3, -0.25) is 9.78 Å². The summed E-state index contributed by atoms with van der Waals surface area (Å²) in [7, 11) is 0. The lowest BCUT2D eigenvalue weighted by Crippen LogP contribution is -2.32. The number of fused-ring (bicyclic) bond motifs is 1. The first-order valence-electron chi connectivity index (χ1n) is 6.29. The van der Waals surface area contributed by atoms with Crippen LogP contribution in [0.3, 0.4) is 0 Å². The van der Waals surface area contributed by atoms with Gasteiger partial charge in [0.15, 0.2) is 0 Å². The molecule has 2 aromatic rings. The lowest BCUT2D eigenvalue weighted by atomic mass is 10.1. The third-order valence-electron chi connectivity index (χ3n) is 3.15. The number of para-hydroxylation sites is 1. The molecular weight excluding hydrogens is 224 g/mol. The van der Waals surface area contributed by atoms with Gasteiger partial charge in [0, 0.05) is 11.4 Å². The van der Waals surface area contributed by atoms with Gasteiger partial charge in [-0.25, -0.2) is 0 Å². The summed E-state index contributed by atoms with van der Waals surface area (Å²) in [5, 5.41) is 3.97. The van der Waals surface area contributed by atoms with Crippen LogP contribution in [-0.4, -0.2) is 16.9 Å². The van der Waals surface area contributed by atoms with Crippen molar-refractivity contribution in [3.8, 4) is 0 Å². The van der Waals surface area contributed by atoms with Crippen LogP contribution in [0.2, 0.25) is 0 Å². The molecule has 1 aromatic carbocycles. The predicted molar refractivity (Wildman–Crippen MR) is 73.7 cm³/mol. The monoisotopic (exact) mass is 242 g/mol.